The lowest BCUT2D eigenvalue weighted by Crippen LogP contribution is -2.40. The van der Waals surface area contributed by atoms with E-state index in [1.807, 2.05) is 0 Å². The fourth-order valence-electron chi connectivity index (χ4n) is 2.49. The third-order valence-corrected chi connectivity index (χ3v) is 4.67. The average Bonchev–Trinajstić information content (AvgIpc) is 2.62. The quantitative estimate of drug-likeness (QED) is 0.589. The Morgan fingerprint density at radius 3 is 2.54 bits per heavy atom. The van der Waals surface area contributed by atoms with Gasteiger partial charge >= 0.3 is 12.1 Å². The number of benzene rings is 2. The van der Waals surface area contributed by atoms with E-state index in [4.69, 9.17) is 26.2 Å². The molecule has 1 unspecified atom stereocenters. The highest BCUT2D eigenvalue weighted by atomic mass is 79.9. The number of aliphatic carboxylic acids is 1. The Morgan fingerprint density at radius 1 is 1.25 bits per heavy atom. The number of fused-ring (bicyclic) bond motifs is 1. The fourth-order valence-corrected chi connectivity index (χ4v) is 3.17. The molecule has 0 saturated heterocycles. The van der Waals surface area contributed by atoms with Crippen LogP contribution in [0, 0.1) is 0 Å². The minimum atomic E-state index is -4.92. The number of ether oxygens (including phenoxy) is 2. The third-order valence-electron chi connectivity index (χ3n) is 3.76. The summed E-state index contributed by atoms with van der Waals surface area (Å²) >= 11 is 9.35. The summed E-state index contributed by atoms with van der Waals surface area (Å²) in [6.07, 6.45) is -6.04. The van der Waals surface area contributed by atoms with Crippen LogP contribution in [0.1, 0.15) is 15.9 Å². The first-order valence-electron chi connectivity index (χ1n) is 7.54. The summed E-state index contributed by atoms with van der Waals surface area (Å²) < 4.78 is 50.5. The van der Waals surface area contributed by atoms with Gasteiger partial charge in [-0.05, 0) is 46.3 Å². The second-order valence-electron chi connectivity index (χ2n) is 5.67. The molecule has 3 rings (SSSR count). The highest BCUT2D eigenvalue weighted by Crippen LogP contribution is 2.43. The molecule has 0 fully saturated rings. The minimum Gasteiger partial charge on any atom is -0.478 e. The Labute approximate surface area is 169 Å². The molecule has 2 aromatic rings. The van der Waals surface area contributed by atoms with Gasteiger partial charge in [-0.25, -0.2) is 4.79 Å². The van der Waals surface area contributed by atoms with Crippen LogP contribution in [0.5, 0.6) is 17.2 Å². The zero-order valence-electron chi connectivity index (χ0n) is 13.6. The van der Waals surface area contributed by atoms with Crippen molar-refractivity contribution >= 4 is 45.9 Å². The number of carbonyl (C=O) groups excluding carboxylic acids is 1. The predicted octanol–water partition coefficient (Wildman–Crippen LogP) is 5.50. The van der Waals surface area contributed by atoms with Crippen LogP contribution >= 0.6 is 27.5 Å². The van der Waals surface area contributed by atoms with Gasteiger partial charge in [0.05, 0.1) is 15.1 Å². The molecular formula is C18H9BrClF3O5. The molecule has 1 N–H and O–H groups in total. The van der Waals surface area contributed by atoms with Crippen LogP contribution < -0.4 is 9.47 Å². The van der Waals surface area contributed by atoms with Gasteiger partial charge in [0.25, 0.3) is 0 Å². The van der Waals surface area contributed by atoms with Crippen LogP contribution in [-0.4, -0.2) is 29.6 Å². The van der Waals surface area contributed by atoms with Crippen molar-refractivity contribution in [3.05, 3.63) is 56.5 Å². The molecular weight excluding hydrogens is 469 g/mol. The maximum atomic E-state index is 13.2. The lowest BCUT2D eigenvalue weighted by Gasteiger charge is -2.27. The van der Waals surface area contributed by atoms with Crippen molar-refractivity contribution in [2.45, 2.75) is 12.3 Å². The number of hydrogen-bond donors (Lipinski definition) is 1. The summed E-state index contributed by atoms with van der Waals surface area (Å²) in [7, 11) is 0. The summed E-state index contributed by atoms with van der Waals surface area (Å²) in [5.41, 5.74) is -0.485. The van der Waals surface area contributed by atoms with Crippen molar-refractivity contribution in [2.75, 3.05) is 0 Å². The molecule has 146 valence electrons. The van der Waals surface area contributed by atoms with Crippen LogP contribution in [0.2, 0.25) is 5.02 Å². The van der Waals surface area contributed by atoms with Crippen LogP contribution in [0.4, 0.5) is 13.2 Å². The average molecular weight is 478 g/mol. The van der Waals surface area contributed by atoms with E-state index >= 15 is 0 Å². The van der Waals surface area contributed by atoms with Gasteiger partial charge in [0, 0.05) is 17.2 Å². The molecule has 1 aliphatic rings. The van der Waals surface area contributed by atoms with Gasteiger partial charge in [-0.15, -0.1) is 0 Å². The summed E-state index contributed by atoms with van der Waals surface area (Å²) in [5, 5.41) is 9.08. The van der Waals surface area contributed by atoms with E-state index in [1.165, 1.54) is 24.3 Å². The van der Waals surface area contributed by atoms with Crippen LogP contribution in [0.25, 0.3) is 6.08 Å². The van der Waals surface area contributed by atoms with E-state index in [9.17, 15) is 22.8 Å². The number of carbonyl (C=O) groups is 2. The number of carboxylic acid groups (broad SMARTS) is 1. The lowest BCUT2D eigenvalue weighted by molar-refractivity contribution is -0.187. The molecule has 0 aliphatic carbocycles. The Kier molecular flexibility index (Phi) is 5.40. The summed E-state index contributed by atoms with van der Waals surface area (Å²) in [6, 6.07) is 6.84. The number of halogens is 5. The zero-order chi connectivity index (χ0) is 20.6. The predicted molar refractivity (Wildman–Crippen MR) is 97.1 cm³/mol. The first-order chi connectivity index (χ1) is 13.1. The lowest BCUT2D eigenvalue weighted by atomic mass is 10.0. The number of aldehydes is 1. The normalized spacial score (nSPS) is 15.9. The molecule has 28 heavy (non-hydrogen) atoms. The number of alkyl halides is 3. The number of carboxylic acids is 1. The molecule has 1 heterocycles. The standard InChI is InChI=1S/C18H9BrClF3O5/c19-11-3-8(7-24)1-2-13(11)27-15-6-14-9(5-12(15)20)4-10(17(25)26)16(28-14)18(21,22)23/h1-7,16H,(H,25,26). The molecule has 0 aromatic heterocycles. The van der Waals surface area contributed by atoms with E-state index in [0.717, 1.165) is 12.1 Å². The van der Waals surface area contributed by atoms with Gasteiger partial charge in [-0.2, -0.15) is 13.2 Å². The van der Waals surface area contributed by atoms with Gasteiger partial charge in [0.1, 0.15) is 23.5 Å². The summed E-state index contributed by atoms with van der Waals surface area (Å²) in [5.74, 6) is -1.72. The van der Waals surface area contributed by atoms with Crippen LogP contribution in [0.3, 0.4) is 0 Å². The smallest absolute Gasteiger partial charge is 0.430 e. The summed E-state index contributed by atoms with van der Waals surface area (Å²) in [6.45, 7) is 0. The van der Waals surface area contributed by atoms with E-state index in [1.54, 1.807) is 0 Å². The van der Waals surface area contributed by atoms with E-state index < -0.39 is 23.8 Å². The van der Waals surface area contributed by atoms with Gasteiger partial charge in [0.15, 0.2) is 0 Å². The van der Waals surface area contributed by atoms with E-state index in [-0.39, 0.29) is 27.8 Å². The van der Waals surface area contributed by atoms with Gasteiger partial charge < -0.3 is 14.6 Å². The molecule has 10 heteroatoms. The Hall–Kier alpha value is -2.52. The molecule has 0 amide bonds. The fraction of sp³-hybridized carbons (Fsp3) is 0.111. The Balaban J connectivity index is 2.01. The van der Waals surface area contributed by atoms with E-state index in [2.05, 4.69) is 15.9 Å². The van der Waals surface area contributed by atoms with Crippen molar-refractivity contribution in [1.82, 2.24) is 0 Å². The second-order valence-corrected chi connectivity index (χ2v) is 6.94. The third kappa shape index (κ3) is 4.00. The van der Waals surface area contributed by atoms with Crippen LogP contribution in [0.15, 0.2) is 40.4 Å². The molecule has 0 spiro atoms. The largest absolute Gasteiger partial charge is 0.478 e. The second kappa shape index (κ2) is 7.48. The molecule has 1 aliphatic heterocycles. The SMILES string of the molecule is O=Cc1ccc(Oc2cc3c(cc2Cl)C=C(C(=O)O)C(C(F)(F)F)O3)c(Br)c1. The molecule has 2 aromatic carbocycles. The van der Waals surface area contributed by atoms with E-state index in [0.29, 0.717) is 16.3 Å². The molecule has 5 nitrogen and oxygen atoms in total. The number of hydrogen-bond acceptors (Lipinski definition) is 4. The van der Waals surface area contributed by atoms with Crippen molar-refractivity contribution in [2.24, 2.45) is 0 Å². The number of rotatable bonds is 4. The molecule has 0 saturated carbocycles. The van der Waals surface area contributed by atoms with Crippen molar-refractivity contribution in [3.8, 4) is 17.2 Å². The van der Waals surface area contributed by atoms with Crippen LogP contribution in [-0.2, 0) is 4.79 Å². The monoisotopic (exact) mass is 476 g/mol. The molecule has 0 bridgehead atoms. The molecule has 0 radical (unpaired) electrons. The van der Waals surface area contributed by atoms with Gasteiger partial charge in [0.2, 0.25) is 6.10 Å². The van der Waals surface area contributed by atoms with Gasteiger partial charge in [-0.3, -0.25) is 4.79 Å². The highest BCUT2D eigenvalue weighted by Gasteiger charge is 2.48. The highest BCUT2D eigenvalue weighted by molar-refractivity contribution is 9.10. The first kappa shape index (κ1) is 20.2. The maximum Gasteiger partial charge on any atom is 0.430 e. The minimum absolute atomic E-state index is 0.00642. The van der Waals surface area contributed by atoms with Crippen molar-refractivity contribution in [3.63, 3.8) is 0 Å². The van der Waals surface area contributed by atoms with Gasteiger partial charge in [-0.1, -0.05) is 11.6 Å². The first-order valence-corrected chi connectivity index (χ1v) is 8.71. The maximum absolute atomic E-state index is 13.2. The topological polar surface area (TPSA) is 72.8 Å². The molecule has 1 atom stereocenters. The Morgan fingerprint density at radius 2 is 1.96 bits per heavy atom. The Bertz CT molecular complexity index is 1000. The van der Waals surface area contributed by atoms with Crippen molar-refractivity contribution < 1.29 is 37.3 Å². The summed E-state index contributed by atoms with van der Waals surface area (Å²) in [4.78, 5) is 22.0. The van der Waals surface area contributed by atoms with Crippen molar-refractivity contribution in [1.29, 1.82) is 0 Å². The zero-order valence-corrected chi connectivity index (χ0v) is 15.9.